The van der Waals surface area contributed by atoms with Crippen LogP contribution in [0, 0.1) is 0 Å². The first kappa shape index (κ1) is 16.2. The van der Waals surface area contributed by atoms with Gasteiger partial charge in [-0.15, -0.1) is 0 Å². The lowest BCUT2D eigenvalue weighted by Gasteiger charge is -2.10. The van der Waals surface area contributed by atoms with Crippen molar-refractivity contribution in [2.45, 2.75) is 32.8 Å². The van der Waals surface area contributed by atoms with E-state index in [9.17, 15) is 0 Å². The fourth-order valence-corrected chi connectivity index (χ4v) is 2.12. The third-order valence-electron chi connectivity index (χ3n) is 2.59. The molecule has 5 heteroatoms. The molecule has 0 saturated carbocycles. The molecular weight excluding hydrogens is 280 g/mol. The van der Waals surface area contributed by atoms with Crippen LogP contribution >= 0.6 is 23.8 Å². The quantitative estimate of drug-likeness (QED) is 0.569. The second-order valence-corrected chi connectivity index (χ2v) is 5.46. The van der Waals surface area contributed by atoms with Gasteiger partial charge < -0.3 is 15.8 Å². The summed E-state index contributed by atoms with van der Waals surface area (Å²) in [5.41, 5.74) is 7.25. The van der Waals surface area contributed by atoms with Gasteiger partial charge in [0.1, 0.15) is 4.99 Å². The molecule has 19 heavy (non-hydrogen) atoms. The van der Waals surface area contributed by atoms with Crippen molar-refractivity contribution < 1.29 is 4.74 Å². The van der Waals surface area contributed by atoms with Gasteiger partial charge in [0.15, 0.2) is 0 Å². The average Bonchev–Trinajstić information content (AvgIpc) is 2.32. The van der Waals surface area contributed by atoms with Crippen LogP contribution in [0.1, 0.15) is 32.3 Å². The monoisotopic (exact) mass is 300 g/mol. The maximum absolute atomic E-state index is 6.09. The predicted molar refractivity (Wildman–Crippen MR) is 86.2 cm³/mol. The molecule has 0 radical (unpaired) electrons. The fourth-order valence-electron chi connectivity index (χ4n) is 1.60. The van der Waals surface area contributed by atoms with Crippen molar-refractivity contribution >= 4 is 34.5 Å². The second kappa shape index (κ2) is 8.35. The highest BCUT2D eigenvalue weighted by molar-refractivity contribution is 7.80. The van der Waals surface area contributed by atoms with Crippen molar-refractivity contribution in [3.8, 4) is 0 Å². The van der Waals surface area contributed by atoms with Crippen LogP contribution in [0.3, 0.4) is 0 Å². The van der Waals surface area contributed by atoms with Crippen LogP contribution in [0.25, 0.3) is 0 Å². The number of benzene rings is 1. The Morgan fingerprint density at radius 1 is 1.42 bits per heavy atom. The Balaban J connectivity index is 2.30. The standard InChI is InChI=1S/C14H21ClN2OS/c1-10(2)18-8-4-3-7-17-11-5-6-12(14(16)19)13(15)9-11/h5-6,9-10,17H,3-4,7-8H2,1-2H3,(H2,16,19). The number of hydrogen-bond acceptors (Lipinski definition) is 3. The summed E-state index contributed by atoms with van der Waals surface area (Å²) < 4.78 is 5.48. The zero-order valence-electron chi connectivity index (χ0n) is 11.4. The molecule has 1 aromatic rings. The first-order valence-electron chi connectivity index (χ1n) is 6.45. The molecule has 0 heterocycles. The van der Waals surface area contributed by atoms with Gasteiger partial charge in [-0.2, -0.15) is 0 Å². The molecule has 0 spiro atoms. The van der Waals surface area contributed by atoms with E-state index in [0.717, 1.165) is 31.7 Å². The van der Waals surface area contributed by atoms with Gasteiger partial charge in [0, 0.05) is 24.4 Å². The Bertz CT molecular complexity index is 424. The van der Waals surface area contributed by atoms with Crippen LogP contribution in [0.2, 0.25) is 5.02 Å². The lowest BCUT2D eigenvalue weighted by Crippen LogP contribution is -2.10. The SMILES string of the molecule is CC(C)OCCCCNc1ccc(C(N)=S)c(Cl)c1. The fraction of sp³-hybridized carbons (Fsp3) is 0.500. The van der Waals surface area contributed by atoms with Crippen LogP contribution in [0.15, 0.2) is 18.2 Å². The lowest BCUT2D eigenvalue weighted by atomic mass is 10.2. The van der Waals surface area contributed by atoms with Crippen molar-refractivity contribution in [2.75, 3.05) is 18.5 Å². The summed E-state index contributed by atoms with van der Waals surface area (Å²) in [6.45, 7) is 5.79. The topological polar surface area (TPSA) is 47.3 Å². The highest BCUT2D eigenvalue weighted by atomic mass is 35.5. The molecule has 0 aliphatic rings. The lowest BCUT2D eigenvalue weighted by molar-refractivity contribution is 0.0765. The van der Waals surface area contributed by atoms with E-state index >= 15 is 0 Å². The Labute approximate surface area is 125 Å². The predicted octanol–water partition coefficient (Wildman–Crippen LogP) is 3.59. The molecule has 0 fully saturated rings. The Kier molecular flexibility index (Phi) is 7.13. The maximum Gasteiger partial charge on any atom is 0.105 e. The third kappa shape index (κ3) is 6.23. The molecule has 0 saturated heterocycles. The zero-order valence-corrected chi connectivity index (χ0v) is 13.0. The molecule has 0 unspecified atom stereocenters. The molecule has 3 N–H and O–H groups in total. The van der Waals surface area contributed by atoms with Gasteiger partial charge in [0.25, 0.3) is 0 Å². The Morgan fingerprint density at radius 2 is 2.16 bits per heavy atom. The number of hydrogen-bond donors (Lipinski definition) is 2. The summed E-state index contributed by atoms with van der Waals surface area (Å²) in [5, 5.41) is 3.90. The maximum atomic E-state index is 6.09. The summed E-state index contributed by atoms with van der Waals surface area (Å²) in [7, 11) is 0. The zero-order chi connectivity index (χ0) is 14.3. The van der Waals surface area contributed by atoms with Gasteiger partial charge >= 0.3 is 0 Å². The van der Waals surface area contributed by atoms with Crippen LogP contribution in [-0.4, -0.2) is 24.2 Å². The highest BCUT2D eigenvalue weighted by Gasteiger charge is 2.03. The molecule has 0 atom stereocenters. The Morgan fingerprint density at radius 3 is 2.74 bits per heavy atom. The molecule has 1 rings (SSSR count). The largest absolute Gasteiger partial charge is 0.389 e. The van der Waals surface area contributed by atoms with E-state index in [1.54, 1.807) is 0 Å². The molecule has 0 aliphatic carbocycles. The average molecular weight is 301 g/mol. The van der Waals surface area contributed by atoms with Crippen molar-refractivity contribution in [2.24, 2.45) is 5.73 Å². The van der Waals surface area contributed by atoms with Crippen LogP contribution in [0.5, 0.6) is 0 Å². The third-order valence-corrected chi connectivity index (χ3v) is 3.12. The highest BCUT2D eigenvalue weighted by Crippen LogP contribution is 2.20. The van der Waals surface area contributed by atoms with Crippen molar-refractivity contribution in [1.29, 1.82) is 0 Å². The molecule has 0 bridgehead atoms. The van der Waals surface area contributed by atoms with E-state index in [1.807, 2.05) is 32.0 Å². The van der Waals surface area contributed by atoms with Gasteiger partial charge in [-0.05, 0) is 44.9 Å². The molecule has 106 valence electrons. The molecule has 3 nitrogen and oxygen atoms in total. The number of halogens is 1. The first-order valence-corrected chi connectivity index (χ1v) is 7.24. The van der Waals surface area contributed by atoms with Crippen LogP contribution < -0.4 is 11.1 Å². The second-order valence-electron chi connectivity index (χ2n) is 4.61. The minimum atomic E-state index is 0.305. The van der Waals surface area contributed by atoms with E-state index in [0.29, 0.717) is 21.7 Å². The number of nitrogens with two attached hydrogens (primary N) is 1. The van der Waals surface area contributed by atoms with Crippen molar-refractivity contribution in [3.05, 3.63) is 28.8 Å². The van der Waals surface area contributed by atoms with Gasteiger partial charge in [0.2, 0.25) is 0 Å². The van der Waals surface area contributed by atoms with Gasteiger partial charge in [0.05, 0.1) is 11.1 Å². The summed E-state index contributed by atoms with van der Waals surface area (Å²) in [6.07, 6.45) is 2.41. The molecular formula is C14H21ClN2OS. The number of thiocarbonyl (C=S) groups is 1. The van der Waals surface area contributed by atoms with E-state index in [-0.39, 0.29) is 0 Å². The van der Waals surface area contributed by atoms with Crippen molar-refractivity contribution in [3.63, 3.8) is 0 Å². The van der Waals surface area contributed by atoms with E-state index in [2.05, 4.69) is 5.32 Å². The number of nitrogens with one attached hydrogen (secondary N) is 1. The number of unbranched alkanes of at least 4 members (excludes halogenated alkanes) is 1. The molecule has 0 aromatic heterocycles. The van der Waals surface area contributed by atoms with Crippen LogP contribution in [0.4, 0.5) is 5.69 Å². The van der Waals surface area contributed by atoms with Gasteiger partial charge in [-0.3, -0.25) is 0 Å². The van der Waals surface area contributed by atoms with E-state index in [1.165, 1.54) is 0 Å². The minimum Gasteiger partial charge on any atom is -0.389 e. The number of anilines is 1. The van der Waals surface area contributed by atoms with Crippen molar-refractivity contribution in [1.82, 2.24) is 0 Å². The number of ether oxygens (including phenoxy) is 1. The molecule has 0 amide bonds. The summed E-state index contributed by atoms with van der Waals surface area (Å²) in [5.74, 6) is 0. The molecule has 0 aliphatic heterocycles. The van der Waals surface area contributed by atoms with Crippen LogP contribution in [-0.2, 0) is 4.74 Å². The summed E-state index contributed by atoms with van der Waals surface area (Å²) >= 11 is 11.0. The molecule has 1 aromatic carbocycles. The Hall–Kier alpha value is -0.840. The smallest absolute Gasteiger partial charge is 0.105 e. The normalized spacial score (nSPS) is 10.7. The minimum absolute atomic E-state index is 0.305. The van der Waals surface area contributed by atoms with Gasteiger partial charge in [-0.25, -0.2) is 0 Å². The van der Waals surface area contributed by atoms with E-state index in [4.69, 9.17) is 34.3 Å². The summed E-state index contributed by atoms with van der Waals surface area (Å²) in [6, 6.07) is 5.63. The summed E-state index contributed by atoms with van der Waals surface area (Å²) in [4.78, 5) is 0.322. The van der Waals surface area contributed by atoms with Gasteiger partial charge in [-0.1, -0.05) is 23.8 Å². The first-order chi connectivity index (χ1) is 9.00. The van der Waals surface area contributed by atoms with E-state index < -0.39 is 0 Å². The number of rotatable bonds is 8.